The molecule has 2 atom stereocenters. The summed E-state index contributed by atoms with van der Waals surface area (Å²) in [6.45, 7) is -0.320. The molecule has 274 valence electrons. The molecule has 13 nitrogen and oxygen atoms in total. The monoisotopic (exact) mass is 716 g/mol. The molecule has 4 aromatic carbocycles. The Morgan fingerprint density at radius 1 is 0.635 bits per heavy atom. The van der Waals surface area contributed by atoms with Gasteiger partial charge in [0.1, 0.15) is 12.7 Å². The van der Waals surface area contributed by atoms with E-state index in [1.165, 1.54) is 88.1 Å². The van der Waals surface area contributed by atoms with Crippen LogP contribution < -0.4 is 18.9 Å². The minimum Gasteiger partial charge on any atom is -0.504 e. The highest BCUT2D eigenvalue weighted by molar-refractivity contribution is 5.87. The highest BCUT2D eigenvalue weighted by atomic mass is 16.6. The Morgan fingerprint density at radius 3 is 1.73 bits per heavy atom. The van der Waals surface area contributed by atoms with Gasteiger partial charge in [-0.3, -0.25) is 0 Å². The van der Waals surface area contributed by atoms with Crippen molar-refractivity contribution in [3.63, 3.8) is 0 Å². The zero-order chi connectivity index (χ0) is 37.6. The Bertz CT molecular complexity index is 1900. The highest BCUT2D eigenvalue weighted by Crippen LogP contribution is 2.34. The van der Waals surface area contributed by atoms with E-state index in [-0.39, 0.29) is 58.2 Å². The van der Waals surface area contributed by atoms with Gasteiger partial charge >= 0.3 is 11.9 Å². The molecule has 0 heterocycles. The summed E-state index contributed by atoms with van der Waals surface area (Å²) in [6.07, 6.45) is 3.72. The molecule has 4 aromatic rings. The molecule has 5 N–H and O–H groups in total. The Morgan fingerprint density at radius 2 is 1.17 bits per heavy atom. The van der Waals surface area contributed by atoms with Crippen LogP contribution in [0, 0.1) is 0 Å². The van der Waals surface area contributed by atoms with E-state index in [4.69, 9.17) is 28.4 Å². The second kappa shape index (κ2) is 18.6. The van der Waals surface area contributed by atoms with Gasteiger partial charge < -0.3 is 54.0 Å². The number of aliphatic hydroxyl groups is 1. The molecule has 13 heteroatoms. The third kappa shape index (κ3) is 10.8. The molecule has 0 bridgehead atoms. The van der Waals surface area contributed by atoms with Crippen LogP contribution in [-0.2, 0) is 25.5 Å². The number of aryl methyl sites for hydroxylation is 1. The van der Waals surface area contributed by atoms with E-state index in [2.05, 4.69) is 0 Å². The van der Waals surface area contributed by atoms with E-state index in [0.717, 1.165) is 11.6 Å². The first-order valence-corrected chi connectivity index (χ1v) is 16.0. The molecule has 0 aliphatic rings. The lowest BCUT2D eigenvalue weighted by Gasteiger charge is -2.25. The van der Waals surface area contributed by atoms with Crippen LogP contribution in [0.3, 0.4) is 0 Å². The van der Waals surface area contributed by atoms with Crippen LogP contribution in [0.5, 0.6) is 46.0 Å². The van der Waals surface area contributed by atoms with Crippen molar-refractivity contribution in [1.29, 1.82) is 0 Å². The van der Waals surface area contributed by atoms with Gasteiger partial charge in [-0.25, -0.2) is 9.59 Å². The molecule has 0 saturated heterocycles. The molecule has 4 rings (SSSR count). The summed E-state index contributed by atoms with van der Waals surface area (Å²) in [7, 11) is 4.18. The number of hydrogen-bond acceptors (Lipinski definition) is 13. The van der Waals surface area contributed by atoms with Crippen molar-refractivity contribution in [2.45, 2.75) is 25.0 Å². The molecule has 0 aliphatic carbocycles. The number of methoxy groups -OCH3 is 3. The first-order chi connectivity index (χ1) is 25.0. The Balaban J connectivity index is 1.38. The van der Waals surface area contributed by atoms with Crippen LogP contribution in [0.15, 0.2) is 84.9 Å². The lowest BCUT2D eigenvalue weighted by Crippen LogP contribution is -2.31. The molecule has 0 aromatic heterocycles. The van der Waals surface area contributed by atoms with E-state index in [1.54, 1.807) is 24.3 Å². The predicted octanol–water partition coefficient (Wildman–Crippen LogP) is 5.46. The quantitative estimate of drug-likeness (QED) is 0.0526. The summed E-state index contributed by atoms with van der Waals surface area (Å²) < 4.78 is 31.9. The lowest BCUT2D eigenvalue weighted by molar-refractivity contribution is -0.142. The predicted molar refractivity (Wildman–Crippen MR) is 190 cm³/mol. The normalized spacial score (nSPS) is 12.3. The van der Waals surface area contributed by atoms with E-state index in [0.29, 0.717) is 24.0 Å². The topological polar surface area (TPSA) is 191 Å². The molecule has 52 heavy (non-hydrogen) atoms. The fourth-order valence-electron chi connectivity index (χ4n) is 4.90. The molecule has 0 fully saturated rings. The van der Waals surface area contributed by atoms with Crippen molar-refractivity contribution in [3.05, 3.63) is 107 Å². The van der Waals surface area contributed by atoms with Gasteiger partial charge in [-0.15, -0.1) is 0 Å². The van der Waals surface area contributed by atoms with Gasteiger partial charge in [0, 0.05) is 12.2 Å². The number of phenols is 4. The highest BCUT2D eigenvalue weighted by Gasteiger charge is 2.27. The standard InChI is InChI=1S/C39H40O13/c1-47-33-20-25(6-12-28(33)40)9-16-37(44)50-18-4-5-24-8-15-32(31(43)19-24)52-36(39(46)27-11-14-30(42)35(22-27)49-3)23-51-38(45)17-10-26-7-13-29(41)34(21-26)48-2/h6-17,19-22,36,39-43,46H,4-5,18,23H2,1-3H3/b16-9+,17-10+. The summed E-state index contributed by atoms with van der Waals surface area (Å²) in [5.41, 5.74) is 2.20. The third-order valence-electron chi connectivity index (χ3n) is 7.67. The Labute approximate surface area is 300 Å². The number of benzene rings is 4. The average Bonchev–Trinajstić information content (AvgIpc) is 3.15. The molecule has 0 aliphatic heterocycles. The van der Waals surface area contributed by atoms with Gasteiger partial charge in [0.05, 0.1) is 27.9 Å². The minimum atomic E-state index is -1.40. The second-order valence-electron chi connectivity index (χ2n) is 11.3. The summed E-state index contributed by atoms with van der Waals surface area (Å²) in [5, 5.41) is 51.6. The van der Waals surface area contributed by atoms with Gasteiger partial charge in [0.15, 0.2) is 52.1 Å². The maximum atomic E-state index is 12.6. The maximum Gasteiger partial charge on any atom is 0.330 e. The number of esters is 2. The zero-order valence-electron chi connectivity index (χ0n) is 28.7. The number of hydrogen-bond donors (Lipinski definition) is 5. The van der Waals surface area contributed by atoms with Crippen molar-refractivity contribution in [1.82, 2.24) is 0 Å². The smallest absolute Gasteiger partial charge is 0.330 e. The van der Waals surface area contributed by atoms with Crippen LogP contribution in [0.2, 0.25) is 0 Å². The van der Waals surface area contributed by atoms with Crippen LogP contribution in [0.25, 0.3) is 12.2 Å². The van der Waals surface area contributed by atoms with Crippen molar-refractivity contribution in [2.24, 2.45) is 0 Å². The van der Waals surface area contributed by atoms with E-state index in [9.17, 15) is 35.1 Å². The van der Waals surface area contributed by atoms with Crippen molar-refractivity contribution < 1.29 is 63.5 Å². The number of phenolic OH excluding ortho intramolecular Hbond substituents is 4. The van der Waals surface area contributed by atoms with Crippen molar-refractivity contribution in [2.75, 3.05) is 34.5 Å². The second-order valence-corrected chi connectivity index (χ2v) is 11.3. The number of aliphatic hydroxyl groups excluding tert-OH is 1. The number of carbonyl (C=O) groups excluding carboxylic acids is 2. The van der Waals surface area contributed by atoms with Crippen LogP contribution in [-0.4, -0.2) is 78.1 Å². The molecule has 0 spiro atoms. The van der Waals surface area contributed by atoms with Crippen molar-refractivity contribution >= 4 is 24.1 Å². The molecular formula is C39H40O13. The maximum absolute atomic E-state index is 12.6. The number of aromatic hydroxyl groups is 4. The van der Waals surface area contributed by atoms with Crippen LogP contribution in [0.1, 0.15) is 34.8 Å². The SMILES string of the molecule is COc1cc(/C=C/C(=O)OCCCc2ccc(OC(COC(=O)/C=C/c3ccc(O)c(OC)c3)C(O)c3ccc(O)c(OC)c3)c(O)c2)ccc1O. The van der Waals surface area contributed by atoms with Gasteiger partial charge in [0.25, 0.3) is 0 Å². The molecular weight excluding hydrogens is 676 g/mol. The summed E-state index contributed by atoms with van der Waals surface area (Å²) in [4.78, 5) is 24.8. The third-order valence-corrected chi connectivity index (χ3v) is 7.67. The van der Waals surface area contributed by atoms with Crippen LogP contribution >= 0.6 is 0 Å². The van der Waals surface area contributed by atoms with Gasteiger partial charge in [0.2, 0.25) is 0 Å². The molecule has 0 amide bonds. The summed E-state index contributed by atoms with van der Waals surface area (Å²) in [6, 6.07) is 18.1. The average molecular weight is 717 g/mol. The van der Waals surface area contributed by atoms with Crippen LogP contribution in [0.4, 0.5) is 0 Å². The fourth-order valence-corrected chi connectivity index (χ4v) is 4.90. The lowest BCUT2D eigenvalue weighted by atomic mass is 10.0. The molecule has 2 unspecified atom stereocenters. The van der Waals surface area contributed by atoms with E-state index < -0.39 is 30.8 Å². The first kappa shape index (κ1) is 38.5. The minimum absolute atomic E-state index is 0.00347. The fraction of sp³-hybridized carbons (Fsp3) is 0.231. The molecule has 0 saturated carbocycles. The zero-order valence-corrected chi connectivity index (χ0v) is 28.7. The van der Waals surface area contributed by atoms with E-state index in [1.807, 2.05) is 0 Å². The van der Waals surface area contributed by atoms with E-state index >= 15 is 0 Å². The Hall–Kier alpha value is -6.34. The van der Waals surface area contributed by atoms with Crippen molar-refractivity contribution in [3.8, 4) is 46.0 Å². The summed E-state index contributed by atoms with van der Waals surface area (Å²) >= 11 is 0. The van der Waals surface area contributed by atoms with Gasteiger partial charge in [-0.2, -0.15) is 0 Å². The first-order valence-electron chi connectivity index (χ1n) is 16.0. The largest absolute Gasteiger partial charge is 0.504 e. The number of carbonyl (C=O) groups is 2. The Kier molecular flexibility index (Phi) is 13.8. The number of ether oxygens (including phenoxy) is 6. The molecule has 0 radical (unpaired) electrons. The van der Waals surface area contributed by atoms with Gasteiger partial charge in [-0.1, -0.05) is 24.3 Å². The van der Waals surface area contributed by atoms with Gasteiger partial charge in [-0.05, 0) is 95.8 Å². The summed E-state index contributed by atoms with van der Waals surface area (Å²) in [5.74, 6) is -1.15. The number of rotatable bonds is 17.